The smallest absolute Gasteiger partial charge is 0.322 e. The molecule has 4 rings (SSSR count). The fourth-order valence-electron chi connectivity index (χ4n) is 4.80. The lowest BCUT2D eigenvalue weighted by Crippen LogP contribution is -2.53. The van der Waals surface area contributed by atoms with E-state index < -0.39 is 39.3 Å². The normalized spacial score (nSPS) is 22.2. The maximum absolute atomic E-state index is 13.0. The number of carbonyl (C=O) groups is 3. The molecule has 3 aliphatic rings. The first-order chi connectivity index (χ1) is 15.1. The summed E-state index contributed by atoms with van der Waals surface area (Å²) in [6.45, 7) is 4.21. The van der Waals surface area contributed by atoms with Crippen LogP contribution in [-0.2, 0) is 19.6 Å². The van der Waals surface area contributed by atoms with Crippen molar-refractivity contribution in [3.63, 3.8) is 0 Å². The second kappa shape index (κ2) is 8.47. The van der Waals surface area contributed by atoms with Crippen molar-refractivity contribution in [3.05, 3.63) is 29.3 Å². The molecule has 2 heterocycles. The first-order valence-corrected chi connectivity index (χ1v) is 12.6. The highest BCUT2D eigenvalue weighted by atomic mass is 32.2. The third kappa shape index (κ3) is 4.01. The van der Waals surface area contributed by atoms with Gasteiger partial charge in [0.05, 0.1) is 4.90 Å². The molecule has 9 nitrogen and oxygen atoms in total. The van der Waals surface area contributed by atoms with E-state index in [1.54, 1.807) is 18.2 Å². The number of piperidine rings is 1. The second-order valence-corrected chi connectivity index (χ2v) is 11.1. The number of sulfonamides is 1. The molecule has 0 bridgehead atoms. The van der Waals surface area contributed by atoms with Crippen LogP contribution in [0.3, 0.4) is 0 Å². The van der Waals surface area contributed by atoms with E-state index in [1.165, 1.54) is 4.31 Å². The van der Waals surface area contributed by atoms with E-state index in [0.29, 0.717) is 25.7 Å². The minimum absolute atomic E-state index is 0.206. The molecule has 1 aromatic rings. The first kappa shape index (κ1) is 22.7. The van der Waals surface area contributed by atoms with Gasteiger partial charge in [-0.2, -0.15) is 9.31 Å². The van der Waals surface area contributed by atoms with E-state index in [9.17, 15) is 22.8 Å². The van der Waals surface area contributed by atoms with Crippen LogP contribution in [0.25, 0.3) is 0 Å². The number of imide groups is 1. The number of hydrazine groups is 1. The summed E-state index contributed by atoms with van der Waals surface area (Å²) >= 11 is 0. The monoisotopic (exact) mass is 462 g/mol. The highest BCUT2D eigenvalue weighted by Crippen LogP contribution is 2.33. The Morgan fingerprint density at radius 2 is 1.72 bits per heavy atom. The average molecular weight is 463 g/mol. The fourth-order valence-corrected chi connectivity index (χ4v) is 6.35. The Morgan fingerprint density at radius 3 is 2.34 bits per heavy atom. The molecule has 0 unspecified atom stereocenters. The van der Waals surface area contributed by atoms with Crippen molar-refractivity contribution in [2.45, 2.75) is 69.2 Å². The molecule has 1 aromatic carbocycles. The Labute approximate surface area is 188 Å². The van der Waals surface area contributed by atoms with Crippen molar-refractivity contribution in [3.8, 4) is 0 Å². The molecule has 174 valence electrons. The predicted molar refractivity (Wildman–Crippen MR) is 117 cm³/mol. The van der Waals surface area contributed by atoms with E-state index in [4.69, 9.17) is 0 Å². The van der Waals surface area contributed by atoms with Crippen LogP contribution in [0, 0.1) is 19.8 Å². The lowest BCUT2D eigenvalue weighted by molar-refractivity contribution is -0.141. The molecule has 4 amide bonds. The molecular weight excluding hydrogens is 432 g/mol. The van der Waals surface area contributed by atoms with E-state index in [0.717, 1.165) is 35.4 Å². The number of carbonyl (C=O) groups excluding carboxylic acids is 3. The van der Waals surface area contributed by atoms with Crippen molar-refractivity contribution in [2.24, 2.45) is 5.92 Å². The fraction of sp³-hybridized carbons (Fsp3) is 0.591. The third-order valence-corrected chi connectivity index (χ3v) is 8.93. The summed E-state index contributed by atoms with van der Waals surface area (Å²) in [4.78, 5) is 38.2. The van der Waals surface area contributed by atoms with Gasteiger partial charge in [-0.3, -0.25) is 15.0 Å². The average Bonchev–Trinajstić information content (AvgIpc) is 2.99. The minimum Gasteiger partial charge on any atom is -0.322 e. The topological polar surface area (TPSA) is 116 Å². The summed E-state index contributed by atoms with van der Waals surface area (Å²) in [5, 5.41) is 3.58. The van der Waals surface area contributed by atoms with Gasteiger partial charge in [0.25, 0.3) is 5.91 Å². The van der Waals surface area contributed by atoms with Gasteiger partial charge >= 0.3 is 6.03 Å². The molecule has 3 fully saturated rings. The largest absolute Gasteiger partial charge is 0.344 e. The molecule has 0 radical (unpaired) electrons. The van der Waals surface area contributed by atoms with E-state index in [1.807, 2.05) is 13.8 Å². The number of benzene rings is 1. The molecule has 10 heteroatoms. The van der Waals surface area contributed by atoms with Crippen molar-refractivity contribution < 1.29 is 22.8 Å². The van der Waals surface area contributed by atoms with Gasteiger partial charge in [-0.25, -0.2) is 13.2 Å². The van der Waals surface area contributed by atoms with Gasteiger partial charge < -0.3 is 5.32 Å². The van der Waals surface area contributed by atoms with Crippen molar-refractivity contribution in [1.82, 2.24) is 20.1 Å². The summed E-state index contributed by atoms with van der Waals surface area (Å²) in [5.41, 5.74) is 3.52. The maximum atomic E-state index is 13.0. The Hall–Kier alpha value is -2.46. The molecule has 1 spiro atoms. The molecule has 2 aliphatic heterocycles. The Kier molecular flexibility index (Phi) is 6.02. The van der Waals surface area contributed by atoms with Gasteiger partial charge in [-0.1, -0.05) is 25.3 Å². The molecule has 32 heavy (non-hydrogen) atoms. The van der Waals surface area contributed by atoms with Gasteiger partial charge in [0.1, 0.15) is 5.54 Å². The zero-order valence-electron chi connectivity index (χ0n) is 18.5. The Balaban J connectivity index is 1.37. The summed E-state index contributed by atoms with van der Waals surface area (Å²) in [6, 6.07) is 4.47. The van der Waals surface area contributed by atoms with Gasteiger partial charge in [0.2, 0.25) is 15.9 Å². The quantitative estimate of drug-likeness (QED) is 0.664. The molecule has 1 saturated carbocycles. The van der Waals surface area contributed by atoms with Crippen molar-refractivity contribution in [2.75, 3.05) is 13.1 Å². The standard InChI is InChI=1S/C22H30N4O5S/c1-15-6-7-18(14-16(15)2)32(30,31)25-12-8-17(9-13-25)19(27)24-26-20(28)22(23-21(26)29)10-4-3-5-11-22/h6-7,14,17H,3-5,8-13H2,1-2H3,(H,23,29)(H,24,27). The van der Waals surface area contributed by atoms with Crippen LogP contribution in [0.2, 0.25) is 0 Å². The zero-order chi connectivity index (χ0) is 23.1. The number of nitrogens with zero attached hydrogens (tertiary/aromatic N) is 2. The van der Waals surface area contributed by atoms with Crippen LogP contribution >= 0.6 is 0 Å². The number of aryl methyl sites for hydroxylation is 2. The SMILES string of the molecule is Cc1ccc(S(=O)(=O)N2CCC(C(=O)NN3C(=O)NC4(CCCCC4)C3=O)CC2)cc1C. The summed E-state index contributed by atoms with van der Waals surface area (Å²) in [7, 11) is -3.64. The van der Waals surface area contributed by atoms with Gasteiger partial charge in [-0.15, -0.1) is 0 Å². The van der Waals surface area contributed by atoms with Crippen LogP contribution in [0.4, 0.5) is 4.79 Å². The molecule has 0 aromatic heterocycles. The number of urea groups is 1. The van der Waals surface area contributed by atoms with Gasteiger partial charge in [0, 0.05) is 19.0 Å². The number of hydrogen-bond acceptors (Lipinski definition) is 5. The lowest BCUT2D eigenvalue weighted by atomic mass is 9.82. The van der Waals surface area contributed by atoms with Gasteiger partial charge in [-0.05, 0) is 62.8 Å². The number of rotatable bonds is 4. The Morgan fingerprint density at radius 1 is 1.06 bits per heavy atom. The van der Waals surface area contributed by atoms with Crippen LogP contribution < -0.4 is 10.7 Å². The third-order valence-electron chi connectivity index (χ3n) is 7.03. The highest BCUT2D eigenvalue weighted by Gasteiger charge is 2.52. The summed E-state index contributed by atoms with van der Waals surface area (Å²) in [6.07, 6.45) is 4.57. The van der Waals surface area contributed by atoms with Crippen molar-refractivity contribution in [1.29, 1.82) is 0 Å². The highest BCUT2D eigenvalue weighted by molar-refractivity contribution is 7.89. The first-order valence-electron chi connectivity index (χ1n) is 11.2. The minimum atomic E-state index is -3.64. The number of amides is 4. The molecule has 1 aliphatic carbocycles. The number of hydrogen-bond donors (Lipinski definition) is 2. The van der Waals surface area contributed by atoms with E-state index in [2.05, 4.69) is 10.7 Å². The van der Waals surface area contributed by atoms with Crippen LogP contribution in [-0.4, -0.2) is 54.2 Å². The van der Waals surface area contributed by atoms with Gasteiger partial charge in [0.15, 0.2) is 0 Å². The number of nitrogens with one attached hydrogen (secondary N) is 2. The second-order valence-electron chi connectivity index (χ2n) is 9.11. The van der Waals surface area contributed by atoms with E-state index >= 15 is 0 Å². The molecular formula is C22H30N4O5S. The van der Waals surface area contributed by atoms with E-state index in [-0.39, 0.29) is 18.0 Å². The molecule has 2 saturated heterocycles. The molecule has 2 N–H and O–H groups in total. The maximum Gasteiger partial charge on any atom is 0.344 e. The lowest BCUT2D eigenvalue weighted by Gasteiger charge is -2.32. The van der Waals surface area contributed by atoms with Crippen LogP contribution in [0.1, 0.15) is 56.1 Å². The molecule has 0 atom stereocenters. The zero-order valence-corrected chi connectivity index (χ0v) is 19.3. The summed E-state index contributed by atoms with van der Waals surface area (Å²) in [5.74, 6) is -1.29. The van der Waals surface area contributed by atoms with Crippen LogP contribution in [0.5, 0.6) is 0 Å². The predicted octanol–water partition coefficient (Wildman–Crippen LogP) is 1.99. The van der Waals surface area contributed by atoms with Crippen LogP contribution in [0.15, 0.2) is 23.1 Å². The Bertz CT molecular complexity index is 1040. The van der Waals surface area contributed by atoms with Crippen molar-refractivity contribution >= 4 is 27.9 Å². The summed E-state index contributed by atoms with van der Waals surface area (Å²) < 4.78 is 27.4.